The minimum absolute atomic E-state index is 0.0545. The summed E-state index contributed by atoms with van der Waals surface area (Å²) in [7, 11) is -3.88. The first-order valence-corrected chi connectivity index (χ1v) is 16.7. The Morgan fingerprint density at radius 3 is 2.70 bits per heavy atom. The summed E-state index contributed by atoms with van der Waals surface area (Å²) in [5.41, 5.74) is 8.26. The summed E-state index contributed by atoms with van der Waals surface area (Å²) in [6, 6.07) is 14.9. The van der Waals surface area contributed by atoms with Crippen molar-refractivity contribution in [1.82, 2.24) is 15.3 Å². The predicted octanol–water partition coefficient (Wildman–Crippen LogP) is 5.51. The van der Waals surface area contributed by atoms with Crippen LogP contribution in [-0.2, 0) is 32.2 Å². The Morgan fingerprint density at radius 2 is 1.89 bits per heavy atom. The maximum absolute atomic E-state index is 14.7. The molecule has 0 bridgehead atoms. The van der Waals surface area contributed by atoms with Gasteiger partial charge in [-0.15, -0.1) is 4.28 Å². The molecule has 3 aromatic carbocycles. The first kappa shape index (κ1) is 32.6. The van der Waals surface area contributed by atoms with Crippen LogP contribution < -0.4 is 20.4 Å². The Hall–Kier alpha value is -4.75. The zero-order valence-electron chi connectivity index (χ0n) is 25.9. The van der Waals surface area contributed by atoms with Gasteiger partial charge in [0.25, 0.3) is 10.1 Å². The minimum Gasteiger partial charge on any atom is -0.493 e. The minimum atomic E-state index is -3.88. The SMILES string of the molecule is Cc1cccc(OCCCC(=O)N2CCCc3c(-c4cnn(Cc5cc(NC(=O)NOS(C)(=O)=O)ccc5F)c4)cccc32)c1C. The lowest BCUT2D eigenvalue weighted by Gasteiger charge is -2.31. The molecular formula is C33H36FN5O6S. The largest absolute Gasteiger partial charge is 0.493 e. The van der Waals surface area contributed by atoms with Crippen LogP contribution in [0.3, 0.4) is 0 Å². The molecule has 1 aromatic heterocycles. The monoisotopic (exact) mass is 649 g/mol. The number of aromatic nitrogens is 2. The van der Waals surface area contributed by atoms with Crippen LogP contribution in [0.5, 0.6) is 5.75 Å². The van der Waals surface area contributed by atoms with Crippen molar-refractivity contribution in [1.29, 1.82) is 0 Å². The average Bonchev–Trinajstić information content (AvgIpc) is 3.49. The average molecular weight is 650 g/mol. The summed E-state index contributed by atoms with van der Waals surface area (Å²) in [6.07, 6.45) is 6.93. The fourth-order valence-corrected chi connectivity index (χ4v) is 5.61. The Bertz CT molecular complexity index is 1860. The number of rotatable bonds is 11. The van der Waals surface area contributed by atoms with Crippen LogP contribution in [0.2, 0.25) is 0 Å². The normalized spacial score (nSPS) is 12.8. The topological polar surface area (TPSA) is 132 Å². The molecule has 0 unspecified atom stereocenters. The van der Waals surface area contributed by atoms with E-state index >= 15 is 0 Å². The molecule has 0 radical (unpaired) electrons. The number of hydrogen-bond acceptors (Lipinski definition) is 7. The van der Waals surface area contributed by atoms with Crippen molar-refractivity contribution in [3.8, 4) is 16.9 Å². The lowest BCUT2D eigenvalue weighted by Crippen LogP contribution is -2.35. The van der Waals surface area contributed by atoms with Gasteiger partial charge in [0.1, 0.15) is 11.6 Å². The van der Waals surface area contributed by atoms with E-state index in [1.54, 1.807) is 16.4 Å². The molecule has 1 aliphatic rings. The maximum Gasteiger partial charge on any atom is 0.344 e. The molecule has 0 saturated carbocycles. The zero-order chi connectivity index (χ0) is 32.8. The number of benzene rings is 3. The Morgan fingerprint density at radius 1 is 1.09 bits per heavy atom. The van der Waals surface area contributed by atoms with Gasteiger partial charge in [-0.3, -0.25) is 9.48 Å². The summed E-state index contributed by atoms with van der Waals surface area (Å²) in [6.45, 7) is 5.26. The van der Waals surface area contributed by atoms with Gasteiger partial charge in [-0.05, 0) is 85.7 Å². The van der Waals surface area contributed by atoms with Crippen LogP contribution in [0.25, 0.3) is 11.1 Å². The Kier molecular flexibility index (Phi) is 10.0. The smallest absolute Gasteiger partial charge is 0.344 e. The summed E-state index contributed by atoms with van der Waals surface area (Å²) < 4.78 is 48.6. The lowest BCUT2D eigenvalue weighted by molar-refractivity contribution is -0.118. The van der Waals surface area contributed by atoms with Gasteiger partial charge in [-0.25, -0.2) is 9.18 Å². The van der Waals surface area contributed by atoms with Gasteiger partial charge < -0.3 is 15.0 Å². The summed E-state index contributed by atoms with van der Waals surface area (Å²) in [4.78, 5) is 27.1. The van der Waals surface area contributed by atoms with Crippen molar-refractivity contribution in [2.45, 2.75) is 46.1 Å². The summed E-state index contributed by atoms with van der Waals surface area (Å²) in [5.74, 6) is 0.400. The number of nitrogens with zero attached hydrogens (tertiary/aromatic N) is 3. The fraction of sp³-hybridized carbons (Fsp3) is 0.303. The number of anilines is 2. The molecule has 3 amide bonds. The van der Waals surface area contributed by atoms with Gasteiger partial charge in [0.05, 0.1) is 25.6 Å². The number of ether oxygens (including phenoxy) is 1. The van der Waals surface area contributed by atoms with Crippen molar-refractivity contribution in [2.24, 2.45) is 0 Å². The maximum atomic E-state index is 14.7. The lowest BCUT2D eigenvalue weighted by atomic mass is 9.93. The molecule has 1 aliphatic heterocycles. The molecule has 0 spiro atoms. The van der Waals surface area contributed by atoms with Crippen LogP contribution in [0.4, 0.5) is 20.6 Å². The standard InChI is InChI=1S/C33H36FN5O6S/c1-22-8-4-12-31(23(22)2)44-17-7-13-32(40)39-16-6-10-28-27(9-5-11-30(28)39)25-19-35-38(21-25)20-24-18-26(14-15-29(24)34)36-33(41)37-45-46(3,42)43/h4-5,8-9,11-12,14-15,18-19,21H,6-7,10,13,16-17,20H2,1-3H3,(H2,36,37,41). The highest BCUT2D eigenvalue weighted by Crippen LogP contribution is 2.36. The van der Waals surface area contributed by atoms with E-state index in [4.69, 9.17) is 4.74 Å². The van der Waals surface area contributed by atoms with E-state index in [1.165, 1.54) is 23.8 Å². The molecule has 0 atom stereocenters. The van der Waals surface area contributed by atoms with Crippen LogP contribution in [0.1, 0.15) is 41.5 Å². The number of hydrogen-bond donors (Lipinski definition) is 2. The molecule has 13 heteroatoms. The molecule has 2 heterocycles. The molecule has 242 valence electrons. The van der Waals surface area contributed by atoms with Crippen molar-refractivity contribution in [2.75, 3.05) is 29.6 Å². The molecule has 4 aromatic rings. The second-order valence-corrected chi connectivity index (χ2v) is 12.8. The molecule has 11 nitrogen and oxygen atoms in total. The van der Waals surface area contributed by atoms with E-state index in [-0.39, 0.29) is 23.7 Å². The van der Waals surface area contributed by atoms with E-state index in [1.807, 2.05) is 61.3 Å². The van der Waals surface area contributed by atoms with Gasteiger partial charge in [-0.1, -0.05) is 24.3 Å². The molecular weight excluding hydrogens is 613 g/mol. The zero-order valence-corrected chi connectivity index (χ0v) is 26.7. The Balaban J connectivity index is 1.24. The number of hydroxylamine groups is 1. The predicted molar refractivity (Wildman–Crippen MR) is 173 cm³/mol. The highest BCUT2D eigenvalue weighted by Gasteiger charge is 2.25. The van der Waals surface area contributed by atoms with Gasteiger partial charge in [0.2, 0.25) is 5.91 Å². The fourth-order valence-electron chi connectivity index (χ4n) is 5.38. The number of urea groups is 1. The number of nitrogens with one attached hydrogen (secondary N) is 2. The molecule has 0 fully saturated rings. The van der Waals surface area contributed by atoms with Crippen molar-refractivity contribution >= 4 is 33.4 Å². The molecule has 0 aliphatic carbocycles. The highest BCUT2D eigenvalue weighted by molar-refractivity contribution is 7.85. The number of carbonyl (C=O) groups is 2. The molecule has 46 heavy (non-hydrogen) atoms. The summed E-state index contributed by atoms with van der Waals surface area (Å²) in [5, 5.41) is 6.83. The third kappa shape index (κ3) is 8.09. The van der Waals surface area contributed by atoms with Gasteiger partial charge in [-0.2, -0.15) is 19.0 Å². The first-order chi connectivity index (χ1) is 22.0. The Labute approximate surface area is 267 Å². The van der Waals surface area contributed by atoms with Gasteiger partial charge in [0.15, 0.2) is 0 Å². The van der Waals surface area contributed by atoms with Gasteiger partial charge in [0, 0.05) is 41.7 Å². The van der Waals surface area contributed by atoms with Crippen molar-refractivity contribution in [3.05, 3.63) is 95.1 Å². The number of halogens is 1. The number of amides is 3. The summed E-state index contributed by atoms with van der Waals surface area (Å²) >= 11 is 0. The van der Waals surface area contributed by atoms with E-state index in [2.05, 4.69) is 14.7 Å². The number of carbonyl (C=O) groups excluding carboxylic acids is 2. The van der Waals surface area contributed by atoms with E-state index < -0.39 is 22.0 Å². The van der Waals surface area contributed by atoms with E-state index in [0.29, 0.717) is 26.0 Å². The highest BCUT2D eigenvalue weighted by atomic mass is 32.2. The quantitative estimate of drug-likeness (QED) is 0.162. The third-order valence-electron chi connectivity index (χ3n) is 7.77. The molecule has 0 saturated heterocycles. The van der Waals surface area contributed by atoms with E-state index in [9.17, 15) is 22.4 Å². The van der Waals surface area contributed by atoms with Gasteiger partial charge >= 0.3 is 6.03 Å². The van der Waals surface area contributed by atoms with Crippen molar-refractivity contribution < 1.29 is 31.4 Å². The number of aryl methyl sites for hydroxylation is 1. The second kappa shape index (κ2) is 14.1. The van der Waals surface area contributed by atoms with Crippen LogP contribution in [-0.4, -0.2) is 49.5 Å². The van der Waals surface area contributed by atoms with Crippen molar-refractivity contribution in [3.63, 3.8) is 0 Å². The number of fused-ring (bicyclic) bond motifs is 1. The molecule has 2 N–H and O–H groups in total. The van der Waals surface area contributed by atoms with Crippen LogP contribution in [0.15, 0.2) is 67.0 Å². The van der Waals surface area contributed by atoms with E-state index in [0.717, 1.165) is 52.8 Å². The van der Waals surface area contributed by atoms with Crippen LogP contribution >= 0.6 is 0 Å². The second-order valence-electron chi connectivity index (χ2n) is 11.2. The first-order valence-electron chi connectivity index (χ1n) is 14.9. The van der Waals surface area contributed by atoms with Crippen LogP contribution in [0, 0.1) is 19.7 Å². The molecule has 5 rings (SSSR count). The third-order valence-corrected chi connectivity index (χ3v) is 8.15.